The molecule has 0 aromatic heterocycles. The van der Waals surface area contributed by atoms with Crippen LogP contribution in [-0.2, 0) is 4.79 Å². The average Bonchev–Trinajstić information content (AvgIpc) is 2.58. The van der Waals surface area contributed by atoms with E-state index in [2.05, 4.69) is 15.5 Å². The maximum absolute atomic E-state index is 11.8. The van der Waals surface area contributed by atoms with Gasteiger partial charge in [-0.1, -0.05) is 0 Å². The number of nitrogens with zero attached hydrogens (tertiary/aromatic N) is 1. The Labute approximate surface area is 97.8 Å². The van der Waals surface area contributed by atoms with E-state index in [-0.39, 0.29) is 11.4 Å². The van der Waals surface area contributed by atoms with Gasteiger partial charge >= 0.3 is 0 Å². The fourth-order valence-corrected chi connectivity index (χ4v) is 2.74. The summed E-state index contributed by atoms with van der Waals surface area (Å²) in [6.45, 7) is 11.0. The molecule has 2 fully saturated rings. The van der Waals surface area contributed by atoms with Crippen molar-refractivity contribution >= 4 is 5.91 Å². The number of hydrogen-bond donors (Lipinski definition) is 2. The first kappa shape index (κ1) is 11.9. The highest BCUT2D eigenvalue weighted by molar-refractivity contribution is 5.78. The second-order valence-corrected chi connectivity index (χ2v) is 6.17. The number of likely N-dealkylation sites (tertiary alicyclic amines) is 1. The zero-order chi connectivity index (χ0) is 11.8. The Morgan fingerprint density at radius 3 is 2.38 bits per heavy atom. The Bertz CT molecular complexity index is 260. The molecule has 16 heavy (non-hydrogen) atoms. The van der Waals surface area contributed by atoms with Crippen LogP contribution in [0.25, 0.3) is 0 Å². The third kappa shape index (κ3) is 2.95. The van der Waals surface area contributed by atoms with Gasteiger partial charge in [-0.05, 0) is 45.7 Å². The molecule has 2 saturated heterocycles. The number of amides is 1. The maximum Gasteiger partial charge on any atom is 0.234 e. The Balaban J connectivity index is 1.77. The summed E-state index contributed by atoms with van der Waals surface area (Å²) in [5.41, 5.74) is -0.117. The number of fused-ring (bicyclic) bond motifs is 1. The summed E-state index contributed by atoms with van der Waals surface area (Å²) in [7, 11) is 0. The van der Waals surface area contributed by atoms with Gasteiger partial charge in [-0.25, -0.2) is 0 Å². The monoisotopic (exact) mass is 225 g/mol. The molecule has 0 spiro atoms. The van der Waals surface area contributed by atoms with E-state index in [1.54, 1.807) is 0 Å². The lowest BCUT2D eigenvalue weighted by atomic mass is 10.0. The normalized spacial score (nSPS) is 30.4. The van der Waals surface area contributed by atoms with E-state index in [1.807, 2.05) is 20.8 Å². The van der Waals surface area contributed by atoms with Crippen LogP contribution in [-0.4, -0.2) is 49.1 Å². The second-order valence-electron chi connectivity index (χ2n) is 6.17. The smallest absolute Gasteiger partial charge is 0.234 e. The lowest BCUT2D eigenvalue weighted by molar-refractivity contribution is -0.123. The minimum absolute atomic E-state index is 0.117. The third-order valence-electron chi connectivity index (χ3n) is 3.35. The minimum atomic E-state index is -0.117. The molecule has 2 unspecified atom stereocenters. The first-order chi connectivity index (χ1) is 7.44. The van der Waals surface area contributed by atoms with Crippen molar-refractivity contribution in [1.29, 1.82) is 0 Å². The van der Waals surface area contributed by atoms with E-state index < -0.39 is 0 Å². The highest BCUT2D eigenvalue weighted by Crippen LogP contribution is 2.25. The molecule has 1 amide bonds. The van der Waals surface area contributed by atoms with Crippen molar-refractivity contribution in [1.82, 2.24) is 15.5 Å². The van der Waals surface area contributed by atoms with E-state index >= 15 is 0 Å². The summed E-state index contributed by atoms with van der Waals surface area (Å²) in [6, 6.07) is 0. The van der Waals surface area contributed by atoms with E-state index in [0.29, 0.717) is 6.54 Å². The van der Waals surface area contributed by atoms with Crippen LogP contribution in [0.2, 0.25) is 0 Å². The third-order valence-corrected chi connectivity index (χ3v) is 3.35. The van der Waals surface area contributed by atoms with E-state index in [4.69, 9.17) is 0 Å². The van der Waals surface area contributed by atoms with E-state index in [0.717, 1.165) is 38.0 Å². The van der Waals surface area contributed by atoms with Gasteiger partial charge in [0.05, 0.1) is 6.54 Å². The van der Waals surface area contributed by atoms with Gasteiger partial charge in [0.1, 0.15) is 0 Å². The number of carbonyl (C=O) groups excluding carboxylic acids is 1. The van der Waals surface area contributed by atoms with Gasteiger partial charge in [-0.3, -0.25) is 9.69 Å². The first-order valence-electron chi connectivity index (χ1n) is 6.18. The van der Waals surface area contributed by atoms with Crippen LogP contribution in [0.15, 0.2) is 0 Å². The molecule has 2 aliphatic rings. The lowest BCUT2D eigenvalue weighted by Crippen LogP contribution is -2.45. The first-order valence-corrected chi connectivity index (χ1v) is 6.18. The van der Waals surface area contributed by atoms with Crippen molar-refractivity contribution in [3.8, 4) is 0 Å². The fraction of sp³-hybridized carbons (Fsp3) is 0.917. The van der Waals surface area contributed by atoms with Crippen molar-refractivity contribution in [2.24, 2.45) is 11.8 Å². The summed E-state index contributed by atoms with van der Waals surface area (Å²) >= 11 is 0. The highest BCUT2D eigenvalue weighted by Gasteiger charge is 2.36. The van der Waals surface area contributed by atoms with Crippen LogP contribution in [0.1, 0.15) is 20.8 Å². The predicted molar refractivity (Wildman–Crippen MR) is 64.2 cm³/mol. The number of rotatable bonds is 2. The maximum atomic E-state index is 11.8. The van der Waals surface area contributed by atoms with Crippen molar-refractivity contribution in [2.75, 3.05) is 32.7 Å². The van der Waals surface area contributed by atoms with Crippen LogP contribution in [0.5, 0.6) is 0 Å². The Morgan fingerprint density at radius 2 is 1.88 bits per heavy atom. The highest BCUT2D eigenvalue weighted by atomic mass is 16.2. The molecule has 2 N–H and O–H groups in total. The Hall–Kier alpha value is -0.610. The van der Waals surface area contributed by atoms with Crippen molar-refractivity contribution in [3.05, 3.63) is 0 Å². The number of hydrogen-bond acceptors (Lipinski definition) is 3. The zero-order valence-electron chi connectivity index (χ0n) is 10.5. The van der Waals surface area contributed by atoms with E-state index in [9.17, 15) is 4.79 Å². The minimum Gasteiger partial charge on any atom is -0.350 e. The van der Waals surface area contributed by atoms with Crippen LogP contribution in [0.3, 0.4) is 0 Å². The van der Waals surface area contributed by atoms with Gasteiger partial charge in [-0.15, -0.1) is 0 Å². The van der Waals surface area contributed by atoms with Crippen LogP contribution in [0.4, 0.5) is 0 Å². The molecule has 4 heteroatoms. The van der Waals surface area contributed by atoms with Gasteiger partial charge in [-0.2, -0.15) is 0 Å². The Kier molecular flexibility index (Phi) is 3.22. The molecule has 0 bridgehead atoms. The van der Waals surface area contributed by atoms with Gasteiger partial charge in [0, 0.05) is 18.6 Å². The molecule has 2 atom stereocenters. The van der Waals surface area contributed by atoms with Crippen molar-refractivity contribution < 1.29 is 4.79 Å². The van der Waals surface area contributed by atoms with Gasteiger partial charge in [0.15, 0.2) is 0 Å². The second kappa shape index (κ2) is 4.34. The summed E-state index contributed by atoms with van der Waals surface area (Å²) in [6.07, 6.45) is 0. The zero-order valence-corrected chi connectivity index (χ0v) is 10.5. The largest absolute Gasteiger partial charge is 0.350 e. The molecule has 2 rings (SSSR count). The molecule has 0 radical (unpaired) electrons. The molecular formula is C12H23N3O. The predicted octanol–water partition coefficient (Wildman–Crippen LogP) is 0.0523. The molecule has 4 nitrogen and oxygen atoms in total. The summed E-state index contributed by atoms with van der Waals surface area (Å²) in [5, 5.41) is 6.42. The van der Waals surface area contributed by atoms with Crippen LogP contribution < -0.4 is 10.6 Å². The molecule has 2 heterocycles. The standard InChI is InChI=1S/C12H23N3O/c1-12(2,3)14-11(16)8-15-6-9-4-13-5-10(9)7-15/h9-10,13H,4-8H2,1-3H3,(H,14,16). The van der Waals surface area contributed by atoms with Crippen molar-refractivity contribution in [2.45, 2.75) is 26.3 Å². The number of nitrogens with one attached hydrogen (secondary N) is 2. The SMILES string of the molecule is CC(C)(C)NC(=O)CN1CC2CNCC2C1. The molecule has 2 aliphatic heterocycles. The van der Waals surface area contributed by atoms with Crippen molar-refractivity contribution in [3.63, 3.8) is 0 Å². The molecule has 0 aromatic carbocycles. The molecule has 0 aromatic rings. The summed E-state index contributed by atoms with van der Waals surface area (Å²) in [5.74, 6) is 1.69. The quantitative estimate of drug-likeness (QED) is 0.698. The summed E-state index contributed by atoms with van der Waals surface area (Å²) < 4.78 is 0. The average molecular weight is 225 g/mol. The van der Waals surface area contributed by atoms with Gasteiger partial charge in [0.2, 0.25) is 5.91 Å². The van der Waals surface area contributed by atoms with Gasteiger partial charge < -0.3 is 10.6 Å². The molecular weight excluding hydrogens is 202 g/mol. The van der Waals surface area contributed by atoms with E-state index in [1.165, 1.54) is 0 Å². The molecule has 0 saturated carbocycles. The lowest BCUT2D eigenvalue weighted by Gasteiger charge is -2.23. The molecule has 0 aliphatic carbocycles. The Morgan fingerprint density at radius 1 is 1.31 bits per heavy atom. The topological polar surface area (TPSA) is 44.4 Å². The molecule has 92 valence electrons. The van der Waals surface area contributed by atoms with Crippen LogP contribution in [0, 0.1) is 11.8 Å². The van der Waals surface area contributed by atoms with Crippen LogP contribution >= 0.6 is 0 Å². The summed E-state index contributed by atoms with van der Waals surface area (Å²) in [4.78, 5) is 14.1. The van der Waals surface area contributed by atoms with Gasteiger partial charge in [0.25, 0.3) is 0 Å². The number of carbonyl (C=O) groups is 1. The fourth-order valence-electron chi connectivity index (χ4n) is 2.74.